The van der Waals surface area contributed by atoms with Crippen molar-refractivity contribution in [2.24, 2.45) is 5.73 Å². The fourth-order valence-corrected chi connectivity index (χ4v) is 2.42. The molecule has 0 heterocycles. The minimum Gasteiger partial charge on any atom is -0.496 e. The van der Waals surface area contributed by atoms with E-state index >= 15 is 0 Å². The third-order valence-electron chi connectivity index (χ3n) is 3.23. The number of carbonyl (C=O) groups excluding carboxylic acids is 1. The molecule has 8 heteroatoms. The van der Waals surface area contributed by atoms with Crippen molar-refractivity contribution in [1.29, 1.82) is 0 Å². The quantitative estimate of drug-likeness (QED) is 0.695. The van der Waals surface area contributed by atoms with E-state index in [0.29, 0.717) is 23.7 Å². The van der Waals surface area contributed by atoms with Crippen LogP contribution in [-0.4, -0.2) is 45.3 Å². The molecule has 0 saturated heterocycles. The van der Waals surface area contributed by atoms with Crippen LogP contribution in [0.2, 0.25) is 0 Å². The maximum absolute atomic E-state index is 12.0. The van der Waals surface area contributed by atoms with E-state index in [4.69, 9.17) is 19.9 Å². The number of ether oxygens (including phenoxy) is 3. The SMILES string of the molecule is COc1cc(OC)c(CNC(=O)[C@@H](N)CCSC)c(OC)c1.Cl. The molecule has 0 radical (unpaired) electrons. The molecule has 1 aromatic carbocycles. The van der Waals surface area contributed by atoms with Crippen LogP contribution in [-0.2, 0) is 11.3 Å². The largest absolute Gasteiger partial charge is 0.496 e. The van der Waals surface area contributed by atoms with Gasteiger partial charge >= 0.3 is 0 Å². The highest BCUT2D eigenvalue weighted by Crippen LogP contribution is 2.33. The van der Waals surface area contributed by atoms with E-state index in [9.17, 15) is 4.79 Å². The molecular weight excluding hydrogens is 340 g/mol. The predicted octanol–water partition coefficient (Wildman–Crippen LogP) is 1.83. The molecule has 0 aliphatic carbocycles. The lowest BCUT2D eigenvalue weighted by Crippen LogP contribution is -2.40. The first-order chi connectivity index (χ1) is 10.6. The summed E-state index contributed by atoms with van der Waals surface area (Å²) in [5, 5.41) is 2.82. The van der Waals surface area contributed by atoms with Crippen molar-refractivity contribution in [1.82, 2.24) is 5.32 Å². The van der Waals surface area contributed by atoms with E-state index in [1.165, 1.54) is 0 Å². The molecule has 132 valence electrons. The zero-order valence-electron chi connectivity index (χ0n) is 13.9. The molecule has 0 aliphatic heterocycles. The molecule has 0 unspecified atom stereocenters. The van der Waals surface area contributed by atoms with Crippen molar-refractivity contribution in [3.63, 3.8) is 0 Å². The van der Waals surface area contributed by atoms with E-state index in [2.05, 4.69) is 5.32 Å². The lowest BCUT2D eigenvalue weighted by molar-refractivity contribution is -0.122. The second kappa shape index (κ2) is 11.3. The van der Waals surface area contributed by atoms with Crippen molar-refractivity contribution >= 4 is 30.1 Å². The van der Waals surface area contributed by atoms with Crippen molar-refractivity contribution in [2.75, 3.05) is 33.3 Å². The highest BCUT2D eigenvalue weighted by molar-refractivity contribution is 7.98. The monoisotopic (exact) mass is 364 g/mol. The summed E-state index contributed by atoms with van der Waals surface area (Å²) in [4.78, 5) is 12.0. The van der Waals surface area contributed by atoms with Gasteiger partial charge in [-0.25, -0.2) is 0 Å². The number of halogens is 1. The summed E-state index contributed by atoms with van der Waals surface area (Å²) in [6, 6.07) is 2.98. The molecule has 0 aliphatic rings. The van der Waals surface area contributed by atoms with Crippen LogP contribution in [0.3, 0.4) is 0 Å². The van der Waals surface area contributed by atoms with Crippen LogP contribution in [0.15, 0.2) is 12.1 Å². The minimum absolute atomic E-state index is 0. The number of nitrogens with two attached hydrogens (primary N) is 1. The summed E-state index contributed by atoms with van der Waals surface area (Å²) in [7, 11) is 4.69. The van der Waals surface area contributed by atoms with Gasteiger partial charge in [0.05, 0.1) is 39.5 Å². The molecule has 1 rings (SSSR count). The summed E-state index contributed by atoms with van der Waals surface area (Å²) in [6.45, 7) is 0.280. The van der Waals surface area contributed by atoms with Gasteiger partial charge in [-0.3, -0.25) is 4.79 Å². The third kappa shape index (κ3) is 6.37. The Bertz CT molecular complexity index is 477. The van der Waals surface area contributed by atoms with E-state index < -0.39 is 6.04 Å². The first-order valence-electron chi connectivity index (χ1n) is 6.88. The third-order valence-corrected chi connectivity index (χ3v) is 3.87. The van der Waals surface area contributed by atoms with Crippen LogP contribution in [0.1, 0.15) is 12.0 Å². The average molecular weight is 365 g/mol. The zero-order chi connectivity index (χ0) is 16.5. The van der Waals surface area contributed by atoms with Crippen LogP contribution >= 0.6 is 24.2 Å². The van der Waals surface area contributed by atoms with Gasteiger partial charge < -0.3 is 25.3 Å². The van der Waals surface area contributed by atoms with Gasteiger partial charge in [-0.05, 0) is 18.4 Å². The second-order valence-corrected chi connectivity index (χ2v) is 5.60. The van der Waals surface area contributed by atoms with Crippen LogP contribution in [0.5, 0.6) is 17.2 Å². The molecule has 0 spiro atoms. The smallest absolute Gasteiger partial charge is 0.237 e. The first-order valence-corrected chi connectivity index (χ1v) is 8.27. The highest BCUT2D eigenvalue weighted by Gasteiger charge is 2.17. The number of methoxy groups -OCH3 is 3. The lowest BCUT2D eigenvalue weighted by Gasteiger charge is -2.17. The van der Waals surface area contributed by atoms with E-state index in [1.54, 1.807) is 45.2 Å². The number of hydrogen-bond acceptors (Lipinski definition) is 6. The molecule has 1 atom stereocenters. The zero-order valence-corrected chi connectivity index (χ0v) is 15.5. The molecule has 0 bridgehead atoms. The van der Waals surface area contributed by atoms with Gasteiger partial charge in [0.15, 0.2) is 0 Å². The van der Waals surface area contributed by atoms with E-state index in [-0.39, 0.29) is 24.9 Å². The van der Waals surface area contributed by atoms with Gasteiger partial charge in [-0.2, -0.15) is 11.8 Å². The number of benzene rings is 1. The van der Waals surface area contributed by atoms with Crippen molar-refractivity contribution < 1.29 is 19.0 Å². The highest BCUT2D eigenvalue weighted by atomic mass is 35.5. The number of thioether (sulfide) groups is 1. The molecular formula is C15H25ClN2O4S. The van der Waals surface area contributed by atoms with Crippen LogP contribution in [0.25, 0.3) is 0 Å². The molecule has 1 amide bonds. The molecule has 0 fully saturated rings. The Balaban J connectivity index is 0.00000484. The molecule has 0 saturated carbocycles. The molecule has 23 heavy (non-hydrogen) atoms. The van der Waals surface area contributed by atoms with Crippen molar-refractivity contribution in [2.45, 2.75) is 19.0 Å². The Kier molecular flexibility index (Phi) is 10.6. The molecule has 3 N–H and O–H groups in total. The molecule has 6 nitrogen and oxygen atoms in total. The second-order valence-electron chi connectivity index (χ2n) is 4.62. The predicted molar refractivity (Wildman–Crippen MR) is 96.2 cm³/mol. The minimum atomic E-state index is -0.511. The van der Waals surface area contributed by atoms with Gasteiger partial charge in [0.2, 0.25) is 5.91 Å². The Morgan fingerprint density at radius 3 is 2.22 bits per heavy atom. The first kappa shape index (κ1) is 21.7. The van der Waals surface area contributed by atoms with Crippen molar-refractivity contribution in [3.8, 4) is 17.2 Å². The number of nitrogens with one attached hydrogen (secondary N) is 1. The Labute approximate surface area is 147 Å². The van der Waals surface area contributed by atoms with Crippen LogP contribution in [0, 0.1) is 0 Å². The fraction of sp³-hybridized carbons (Fsp3) is 0.533. The number of rotatable bonds is 9. The van der Waals surface area contributed by atoms with Gasteiger partial charge in [0, 0.05) is 12.1 Å². The van der Waals surface area contributed by atoms with E-state index in [0.717, 1.165) is 11.3 Å². The van der Waals surface area contributed by atoms with E-state index in [1.807, 2.05) is 6.26 Å². The summed E-state index contributed by atoms with van der Waals surface area (Å²) < 4.78 is 15.9. The Hall–Kier alpha value is -1.31. The summed E-state index contributed by atoms with van der Waals surface area (Å²) >= 11 is 1.66. The maximum Gasteiger partial charge on any atom is 0.237 e. The standard InChI is InChI=1S/C15H24N2O4S.ClH/c1-19-10-7-13(20-2)11(14(8-10)21-3)9-17-15(18)12(16)5-6-22-4;/h7-8,12H,5-6,9,16H2,1-4H3,(H,17,18);1H/t12-;/m0./s1. The lowest BCUT2D eigenvalue weighted by atomic mass is 10.1. The number of carbonyl (C=O) groups is 1. The van der Waals surface area contributed by atoms with Gasteiger partial charge in [-0.15, -0.1) is 12.4 Å². The summed E-state index contributed by atoms with van der Waals surface area (Å²) in [5.41, 5.74) is 6.59. The van der Waals surface area contributed by atoms with Crippen LogP contribution < -0.4 is 25.3 Å². The van der Waals surface area contributed by atoms with Crippen LogP contribution in [0.4, 0.5) is 0 Å². The normalized spacial score (nSPS) is 11.2. The number of amides is 1. The molecule has 1 aromatic rings. The maximum atomic E-state index is 12.0. The van der Waals surface area contributed by atoms with Gasteiger partial charge in [-0.1, -0.05) is 0 Å². The molecule has 0 aromatic heterocycles. The summed E-state index contributed by atoms with van der Waals surface area (Å²) in [5.74, 6) is 2.47. The Morgan fingerprint density at radius 1 is 1.22 bits per heavy atom. The van der Waals surface area contributed by atoms with Gasteiger partial charge in [0.1, 0.15) is 17.2 Å². The number of hydrogen-bond donors (Lipinski definition) is 2. The fourth-order valence-electron chi connectivity index (χ4n) is 1.93. The topological polar surface area (TPSA) is 82.8 Å². The van der Waals surface area contributed by atoms with Crippen molar-refractivity contribution in [3.05, 3.63) is 17.7 Å². The average Bonchev–Trinajstić information content (AvgIpc) is 2.56. The van der Waals surface area contributed by atoms with Gasteiger partial charge in [0.25, 0.3) is 0 Å². The summed E-state index contributed by atoms with van der Waals surface area (Å²) in [6.07, 6.45) is 2.63. The Morgan fingerprint density at radius 2 is 1.78 bits per heavy atom.